The van der Waals surface area contributed by atoms with Gasteiger partial charge in [-0.1, -0.05) is 0 Å². The number of piperidine rings is 1. The van der Waals surface area contributed by atoms with Crippen LogP contribution in [0.25, 0.3) is 0 Å². The molecular weight excluding hydrogens is 424 g/mol. The SMILES string of the molecule is COc1cc(OC)cc(C(=O)N2CCN(C(=O)C3CCN(C(=O)N4CCCC4)CC3)CC2)c1. The van der Waals surface area contributed by atoms with Gasteiger partial charge in [0, 0.05) is 69.9 Å². The molecule has 33 heavy (non-hydrogen) atoms. The van der Waals surface area contributed by atoms with E-state index in [1.165, 1.54) is 0 Å². The lowest BCUT2D eigenvalue weighted by molar-refractivity contribution is -0.138. The maximum atomic E-state index is 13.1. The van der Waals surface area contributed by atoms with Gasteiger partial charge in [0.15, 0.2) is 0 Å². The molecule has 0 bridgehead atoms. The first-order valence-electron chi connectivity index (χ1n) is 11.8. The molecule has 0 aromatic heterocycles. The number of benzene rings is 1. The largest absolute Gasteiger partial charge is 0.497 e. The van der Waals surface area contributed by atoms with E-state index in [4.69, 9.17) is 9.47 Å². The summed E-state index contributed by atoms with van der Waals surface area (Å²) in [5.41, 5.74) is 0.515. The minimum atomic E-state index is -0.0898. The smallest absolute Gasteiger partial charge is 0.319 e. The Kier molecular flexibility index (Phi) is 7.25. The number of amides is 4. The highest BCUT2D eigenvalue weighted by atomic mass is 16.5. The summed E-state index contributed by atoms with van der Waals surface area (Å²) in [5, 5.41) is 0. The average Bonchev–Trinajstić information content (AvgIpc) is 3.42. The second kappa shape index (κ2) is 10.3. The molecule has 3 aliphatic heterocycles. The fourth-order valence-electron chi connectivity index (χ4n) is 4.93. The first kappa shape index (κ1) is 23.2. The third-order valence-electron chi connectivity index (χ3n) is 6.97. The molecule has 3 saturated heterocycles. The summed E-state index contributed by atoms with van der Waals surface area (Å²) in [7, 11) is 3.11. The van der Waals surface area contributed by atoms with Crippen LogP contribution in [-0.4, -0.2) is 104 Å². The van der Waals surface area contributed by atoms with Crippen molar-refractivity contribution in [3.63, 3.8) is 0 Å². The van der Waals surface area contributed by atoms with Gasteiger partial charge in [-0.25, -0.2) is 4.79 Å². The minimum Gasteiger partial charge on any atom is -0.497 e. The van der Waals surface area contributed by atoms with Crippen molar-refractivity contribution >= 4 is 17.8 Å². The van der Waals surface area contributed by atoms with E-state index in [1.54, 1.807) is 37.3 Å². The number of methoxy groups -OCH3 is 2. The summed E-state index contributed by atoms with van der Waals surface area (Å²) in [6.07, 6.45) is 3.59. The van der Waals surface area contributed by atoms with Gasteiger partial charge in [-0.3, -0.25) is 9.59 Å². The van der Waals surface area contributed by atoms with Crippen LogP contribution in [0.1, 0.15) is 36.0 Å². The van der Waals surface area contributed by atoms with Crippen molar-refractivity contribution in [1.82, 2.24) is 19.6 Å². The van der Waals surface area contributed by atoms with E-state index in [2.05, 4.69) is 0 Å². The Morgan fingerprint density at radius 1 is 0.697 bits per heavy atom. The average molecular weight is 459 g/mol. The number of piperazine rings is 1. The Morgan fingerprint density at radius 2 is 1.21 bits per heavy atom. The predicted molar refractivity (Wildman–Crippen MR) is 123 cm³/mol. The zero-order valence-electron chi connectivity index (χ0n) is 19.6. The Balaban J connectivity index is 1.27. The molecular formula is C24H34N4O5. The molecule has 3 fully saturated rings. The van der Waals surface area contributed by atoms with Crippen molar-refractivity contribution < 1.29 is 23.9 Å². The number of rotatable bonds is 4. The van der Waals surface area contributed by atoms with Crippen LogP contribution in [0.4, 0.5) is 4.79 Å². The lowest BCUT2D eigenvalue weighted by Crippen LogP contribution is -2.53. The van der Waals surface area contributed by atoms with Crippen LogP contribution >= 0.6 is 0 Å². The fourth-order valence-corrected chi connectivity index (χ4v) is 4.93. The monoisotopic (exact) mass is 458 g/mol. The Labute approximate surface area is 195 Å². The fraction of sp³-hybridized carbons (Fsp3) is 0.625. The van der Waals surface area contributed by atoms with Crippen LogP contribution in [0.5, 0.6) is 11.5 Å². The molecule has 0 aliphatic carbocycles. The molecule has 0 radical (unpaired) electrons. The van der Waals surface area contributed by atoms with Crippen LogP contribution in [-0.2, 0) is 4.79 Å². The Hall–Kier alpha value is -2.97. The van der Waals surface area contributed by atoms with Gasteiger partial charge in [0.25, 0.3) is 5.91 Å². The summed E-state index contributed by atoms with van der Waals surface area (Å²) in [6, 6.07) is 5.27. The number of carbonyl (C=O) groups is 3. The Bertz CT molecular complexity index is 847. The van der Waals surface area contributed by atoms with Gasteiger partial charge in [0.1, 0.15) is 11.5 Å². The van der Waals surface area contributed by atoms with E-state index < -0.39 is 0 Å². The first-order chi connectivity index (χ1) is 16.0. The number of ether oxygens (including phenoxy) is 2. The summed E-state index contributed by atoms with van der Waals surface area (Å²) < 4.78 is 10.5. The molecule has 0 unspecified atom stereocenters. The van der Waals surface area contributed by atoms with Gasteiger partial charge < -0.3 is 29.1 Å². The topological polar surface area (TPSA) is 82.6 Å². The zero-order valence-corrected chi connectivity index (χ0v) is 19.6. The van der Waals surface area contributed by atoms with Gasteiger partial charge >= 0.3 is 6.03 Å². The van der Waals surface area contributed by atoms with Crippen molar-refractivity contribution in [3.05, 3.63) is 23.8 Å². The summed E-state index contributed by atoms with van der Waals surface area (Å²) in [4.78, 5) is 46.1. The highest BCUT2D eigenvalue weighted by molar-refractivity contribution is 5.95. The van der Waals surface area contributed by atoms with Crippen LogP contribution < -0.4 is 9.47 Å². The highest BCUT2D eigenvalue weighted by Crippen LogP contribution is 2.25. The number of carbonyl (C=O) groups excluding carboxylic acids is 3. The maximum Gasteiger partial charge on any atom is 0.319 e. The van der Waals surface area contributed by atoms with Crippen LogP contribution in [0.15, 0.2) is 18.2 Å². The molecule has 3 aliphatic rings. The van der Waals surface area contributed by atoms with E-state index >= 15 is 0 Å². The molecule has 4 amide bonds. The highest BCUT2D eigenvalue weighted by Gasteiger charge is 2.34. The van der Waals surface area contributed by atoms with Crippen molar-refractivity contribution in [2.45, 2.75) is 25.7 Å². The third kappa shape index (κ3) is 5.17. The van der Waals surface area contributed by atoms with Crippen molar-refractivity contribution in [2.24, 2.45) is 5.92 Å². The lowest BCUT2D eigenvalue weighted by Gasteiger charge is -2.39. The normalized spacial score (nSPS) is 19.6. The van der Waals surface area contributed by atoms with Crippen molar-refractivity contribution in [1.29, 1.82) is 0 Å². The predicted octanol–water partition coefficient (Wildman–Crippen LogP) is 1.92. The minimum absolute atomic E-state index is 0.0440. The maximum absolute atomic E-state index is 13.1. The molecule has 1 aromatic carbocycles. The quantitative estimate of drug-likeness (QED) is 0.689. The van der Waals surface area contributed by atoms with Crippen LogP contribution in [0, 0.1) is 5.92 Å². The van der Waals surface area contributed by atoms with Gasteiger partial charge in [-0.15, -0.1) is 0 Å². The molecule has 1 aromatic rings. The second-order valence-electron chi connectivity index (χ2n) is 8.96. The van der Waals surface area contributed by atoms with Gasteiger partial charge in [-0.2, -0.15) is 0 Å². The molecule has 3 heterocycles. The summed E-state index contributed by atoms with van der Waals surface area (Å²) in [6.45, 7) is 5.03. The van der Waals surface area contributed by atoms with Gasteiger partial charge in [0.05, 0.1) is 14.2 Å². The number of nitrogens with zero attached hydrogens (tertiary/aromatic N) is 4. The lowest BCUT2D eigenvalue weighted by atomic mass is 9.95. The molecule has 4 rings (SSSR count). The van der Waals surface area contributed by atoms with Gasteiger partial charge in [-0.05, 0) is 37.8 Å². The van der Waals surface area contributed by atoms with E-state index in [9.17, 15) is 14.4 Å². The summed E-state index contributed by atoms with van der Waals surface area (Å²) in [5.74, 6) is 1.16. The number of likely N-dealkylation sites (tertiary alicyclic amines) is 2. The molecule has 9 heteroatoms. The van der Waals surface area contributed by atoms with Crippen LogP contribution in [0.3, 0.4) is 0 Å². The van der Waals surface area contributed by atoms with E-state index in [-0.39, 0.29) is 23.8 Å². The standard InChI is InChI=1S/C24H34N4O5/c1-32-20-15-19(16-21(17-20)33-2)23(30)26-13-11-25(12-14-26)22(29)18-5-9-28(10-6-18)24(31)27-7-3-4-8-27/h15-18H,3-14H2,1-2H3. The molecule has 180 valence electrons. The zero-order chi connectivity index (χ0) is 23.4. The van der Waals surface area contributed by atoms with Crippen LogP contribution in [0.2, 0.25) is 0 Å². The Morgan fingerprint density at radius 3 is 1.76 bits per heavy atom. The first-order valence-corrected chi connectivity index (χ1v) is 11.8. The number of hydrogen-bond donors (Lipinski definition) is 0. The molecule has 0 atom stereocenters. The molecule has 9 nitrogen and oxygen atoms in total. The molecule has 0 spiro atoms. The number of urea groups is 1. The summed E-state index contributed by atoms with van der Waals surface area (Å²) >= 11 is 0. The number of hydrogen-bond acceptors (Lipinski definition) is 5. The molecule has 0 saturated carbocycles. The second-order valence-corrected chi connectivity index (χ2v) is 8.96. The van der Waals surface area contributed by atoms with Crippen molar-refractivity contribution in [2.75, 3.05) is 66.6 Å². The van der Waals surface area contributed by atoms with E-state index in [0.717, 1.165) is 25.9 Å². The van der Waals surface area contributed by atoms with Gasteiger partial charge in [0.2, 0.25) is 5.91 Å². The van der Waals surface area contributed by atoms with E-state index in [1.807, 2.05) is 14.7 Å². The third-order valence-corrected chi connectivity index (χ3v) is 6.97. The van der Waals surface area contributed by atoms with Crippen molar-refractivity contribution in [3.8, 4) is 11.5 Å². The molecule has 0 N–H and O–H groups in total. The van der Waals surface area contributed by atoms with E-state index in [0.29, 0.717) is 69.2 Å².